The summed E-state index contributed by atoms with van der Waals surface area (Å²) in [5.74, 6) is 2.21. The van der Waals surface area contributed by atoms with E-state index in [0.717, 1.165) is 11.1 Å². The Morgan fingerprint density at radius 3 is 2.14 bits per heavy atom. The van der Waals surface area contributed by atoms with Crippen molar-refractivity contribution in [3.8, 4) is 34.3 Å². The van der Waals surface area contributed by atoms with Crippen LogP contribution in [-0.2, 0) is 0 Å². The minimum Gasteiger partial charge on any atom is -0.497 e. The number of aromatic nitrogens is 2. The number of nitrogens with two attached hydrogens (primary N) is 1. The van der Waals surface area contributed by atoms with E-state index in [1.807, 2.05) is 24.3 Å². The van der Waals surface area contributed by atoms with E-state index in [4.69, 9.17) is 19.7 Å². The van der Waals surface area contributed by atoms with E-state index < -0.39 is 0 Å². The van der Waals surface area contributed by atoms with Gasteiger partial charge in [0.05, 0.1) is 14.2 Å². The van der Waals surface area contributed by atoms with Gasteiger partial charge in [0.2, 0.25) is 5.82 Å². The maximum Gasteiger partial charge on any atom is 0.258 e. The molecule has 22 heavy (non-hydrogen) atoms. The van der Waals surface area contributed by atoms with E-state index >= 15 is 0 Å². The highest BCUT2D eigenvalue weighted by molar-refractivity contribution is 5.64. The molecule has 3 aromatic rings. The lowest BCUT2D eigenvalue weighted by molar-refractivity contribution is 0.394. The summed E-state index contributed by atoms with van der Waals surface area (Å²) in [6.07, 6.45) is 0. The zero-order valence-electron chi connectivity index (χ0n) is 12.2. The third-order valence-corrected chi connectivity index (χ3v) is 3.19. The van der Waals surface area contributed by atoms with Gasteiger partial charge in [-0.25, -0.2) is 0 Å². The van der Waals surface area contributed by atoms with Crippen molar-refractivity contribution in [3.63, 3.8) is 0 Å². The van der Waals surface area contributed by atoms with Crippen LogP contribution in [0.2, 0.25) is 0 Å². The van der Waals surface area contributed by atoms with E-state index in [9.17, 15) is 0 Å². The minimum absolute atomic E-state index is 0.428. The molecule has 0 aliphatic carbocycles. The van der Waals surface area contributed by atoms with E-state index in [1.54, 1.807) is 32.4 Å². The molecular weight excluding hydrogens is 282 g/mol. The van der Waals surface area contributed by atoms with Gasteiger partial charge in [-0.05, 0) is 36.4 Å². The monoisotopic (exact) mass is 297 g/mol. The molecule has 0 bridgehead atoms. The van der Waals surface area contributed by atoms with Crippen molar-refractivity contribution < 1.29 is 14.0 Å². The number of hydrogen-bond acceptors (Lipinski definition) is 6. The molecule has 1 heterocycles. The standard InChI is InChI=1S/C16H15N3O3/c1-20-13-7-11(8-14(9-13)21-2)15-18-16(22-19-15)10-3-5-12(17)6-4-10/h3-9H,17H2,1-2H3. The minimum atomic E-state index is 0.428. The molecule has 112 valence electrons. The highest BCUT2D eigenvalue weighted by atomic mass is 16.5. The van der Waals surface area contributed by atoms with Gasteiger partial charge in [-0.3, -0.25) is 0 Å². The third-order valence-electron chi connectivity index (χ3n) is 3.19. The number of hydrogen-bond donors (Lipinski definition) is 1. The Labute approximate surface area is 127 Å². The van der Waals surface area contributed by atoms with E-state index in [2.05, 4.69) is 10.1 Å². The number of methoxy groups -OCH3 is 2. The van der Waals surface area contributed by atoms with Gasteiger partial charge < -0.3 is 19.7 Å². The first-order valence-electron chi connectivity index (χ1n) is 6.62. The van der Waals surface area contributed by atoms with Gasteiger partial charge in [-0.1, -0.05) is 5.16 Å². The predicted octanol–water partition coefficient (Wildman–Crippen LogP) is 3.00. The molecule has 0 spiro atoms. The van der Waals surface area contributed by atoms with Crippen molar-refractivity contribution in [1.82, 2.24) is 10.1 Å². The van der Waals surface area contributed by atoms with Crippen LogP contribution >= 0.6 is 0 Å². The number of nitrogens with zero attached hydrogens (tertiary/aromatic N) is 2. The Kier molecular flexibility index (Phi) is 3.65. The number of nitrogen functional groups attached to an aromatic ring is 1. The Morgan fingerprint density at radius 1 is 0.909 bits per heavy atom. The second-order valence-electron chi connectivity index (χ2n) is 4.65. The van der Waals surface area contributed by atoms with Crippen molar-refractivity contribution in [3.05, 3.63) is 42.5 Å². The maximum atomic E-state index is 5.67. The zero-order valence-corrected chi connectivity index (χ0v) is 12.2. The lowest BCUT2D eigenvalue weighted by Crippen LogP contribution is -1.90. The van der Waals surface area contributed by atoms with Crippen LogP contribution in [0.5, 0.6) is 11.5 Å². The Bertz CT molecular complexity index is 759. The smallest absolute Gasteiger partial charge is 0.258 e. The molecule has 0 aliphatic rings. The Hall–Kier alpha value is -3.02. The largest absolute Gasteiger partial charge is 0.497 e. The first kappa shape index (κ1) is 13.9. The molecule has 0 unspecified atom stereocenters. The molecule has 0 saturated carbocycles. The quantitative estimate of drug-likeness (QED) is 0.745. The molecule has 0 radical (unpaired) electrons. The second-order valence-corrected chi connectivity index (χ2v) is 4.65. The zero-order chi connectivity index (χ0) is 15.5. The molecule has 2 N–H and O–H groups in total. The molecule has 6 nitrogen and oxygen atoms in total. The summed E-state index contributed by atoms with van der Waals surface area (Å²) in [5.41, 5.74) is 7.91. The third kappa shape index (κ3) is 2.71. The molecule has 2 aromatic carbocycles. The molecule has 6 heteroatoms. The molecule has 0 atom stereocenters. The summed E-state index contributed by atoms with van der Waals surface area (Å²) in [5, 5.41) is 4.01. The summed E-state index contributed by atoms with van der Waals surface area (Å²) in [6.45, 7) is 0. The fraction of sp³-hybridized carbons (Fsp3) is 0.125. The van der Waals surface area contributed by atoms with E-state index in [1.165, 1.54) is 0 Å². The van der Waals surface area contributed by atoms with E-state index in [0.29, 0.717) is 28.9 Å². The highest BCUT2D eigenvalue weighted by Gasteiger charge is 2.12. The SMILES string of the molecule is COc1cc(OC)cc(-c2noc(-c3ccc(N)cc3)n2)c1. The molecule has 0 saturated heterocycles. The van der Waals surface area contributed by atoms with Crippen molar-refractivity contribution in [1.29, 1.82) is 0 Å². The molecular formula is C16H15N3O3. The lowest BCUT2D eigenvalue weighted by atomic mass is 10.2. The summed E-state index contributed by atoms with van der Waals surface area (Å²) >= 11 is 0. The molecule has 0 fully saturated rings. The Balaban J connectivity index is 1.98. The van der Waals surface area contributed by atoms with Crippen LogP contribution in [0.25, 0.3) is 22.8 Å². The number of rotatable bonds is 4. The van der Waals surface area contributed by atoms with Crippen LogP contribution < -0.4 is 15.2 Å². The van der Waals surface area contributed by atoms with Crippen LogP contribution in [0.3, 0.4) is 0 Å². The van der Waals surface area contributed by atoms with Crippen molar-refractivity contribution in [2.45, 2.75) is 0 Å². The number of anilines is 1. The lowest BCUT2D eigenvalue weighted by Gasteiger charge is -2.05. The van der Waals surface area contributed by atoms with Gasteiger partial charge in [-0.2, -0.15) is 4.98 Å². The van der Waals surface area contributed by atoms with Gasteiger partial charge in [0, 0.05) is 22.9 Å². The van der Waals surface area contributed by atoms with Crippen LogP contribution in [0.4, 0.5) is 5.69 Å². The van der Waals surface area contributed by atoms with Crippen LogP contribution in [-0.4, -0.2) is 24.4 Å². The number of ether oxygens (including phenoxy) is 2. The van der Waals surface area contributed by atoms with Gasteiger partial charge in [-0.15, -0.1) is 0 Å². The molecule has 1 aromatic heterocycles. The fourth-order valence-electron chi connectivity index (χ4n) is 2.02. The maximum absolute atomic E-state index is 5.67. The normalized spacial score (nSPS) is 10.5. The van der Waals surface area contributed by atoms with Gasteiger partial charge in [0.15, 0.2) is 0 Å². The average Bonchev–Trinajstić information content (AvgIpc) is 3.05. The topological polar surface area (TPSA) is 83.4 Å². The highest BCUT2D eigenvalue weighted by Crippen LogP contribution is 2.29. The summed E-state index contributed by atoms with van der Waals surface area (Å²) in [4.78, 5) is 4.40. The second kappa shape index (κ2) is 5.77. The van der Waals surface area contributed by atoms with Gasteiger partial charge >= 0.3 is 0 Å². The summed E-state index contributed by atoms with van der Waals surface area (Å²) in [6, 6.07) is 12.7. The van der Waals surface area contributed by atoms with Crippen molar-refractivity contribution in [2.24, 2.45) is 0 Å². The van der Waals surface area contributed by atoms with Crippen LogP contribution in [0, 0.1) is 0 Å². The molecule has 0 aliphatic heterocycles. The first-order chi connectivity index (χ1) is 10.7. The van der Waals surface area contributed by atoms with Gasteiger partial charge in [0.25, 0.3) is 5.89 Å². The average molecular weight is 297 g/mol. The fourth-order valence-corrected chi connectivity index (χ4v) is 2.02. The molecule has 0 amide bonds. The Morgan fingerprint density at radius 2 is 1.55 bits per heavy atom. The van der Waals surface area contributed by atoms with Crippen molar-refractivity contribution >= 4 is 5.69 Å². The van der Waals surface area contributed by atoms with Gasteiger partial charge in [0.1, 0.15) is 11.5 Å². The van der Waals surface area contributed by atoms with Crippen LogP contribution in [0.1, 0.15) is 0 Å². The predicted molar refractivity (Wildman–Crippen MR) is 82.7 cm³/mol. The number of benzene rings is 2. The van der Waals surface area contributed by atoms with Crippen molar-refractivity contribution in [2.75, 3.05) is 20.0 Å². The summed E-state index contributed by atoms with van der Waals surface area (Å²) < 4.78 is 15.8. The van der Waals surface area contributed by atoms with Crippen LogP contribution in [0.15, 0.2) is 47.0 Å². The summed E-state index contributed by atoms with van der Waals surface area (Å²) in [7, 11) is 3.18. The molecule has 3 rings (SSSR count). The van der Waals surface area contributed by atoms with E-state index in [-0.39, 0.29) is 0 Å². The first-order valence-corrected chi connectivity index (χ1v) is 6.62.